The first-order chi connectivity index (χ1) is 7.25. The van der Waals surface area contributed by atoms with Gasteiger partial charge in [0.25, 0.3) is 0 Å². The molecule has 0 spiro atoms. The fourth-order valence-electron chi connectivity index (χ4n) is 2.28. The molecule has 94 valence electrons. The molecule has 0 bridgehead atoms. The van der Waals surface area contributed by atoms with Crippen molar-refractivity contribution in [1.82, 2.24) is 4.90 Å². The van der Waals surface area contributed by atoms with E-state index < -0.39 is 0 Å². The molecule has 0 radical (unpaired) electrons. The van der Waals surface area contributed by atoms with Gasteiger partial charge in [0.2, 0.25) is 5.91 Å². The molecule has 16 heavy (non-hydrogen) atoms. The van der Waals surface area contributed by atoms with E-state index in [1.807, 2.05) is 4.90 Å². The van der Waals surface area contributed by atoms with Crippen molar-refractivity contribution < 1.29 is 9.53 Å². The topological polar surface area (TPSA) is 55.6 Å². The van der Waals surface area contributed by atoms with Crippen molar-refractivity contribution in [3.63, 3.8) is 0 Å². The minimum absolute atomic E-state index is 0. The third-order valence-corrected chi connectivity index (χ3v) is 3.32. The highest BCUT2D eigenvalue weighted by Crippen LogP contribution is 2.18. The lowest BCUT2D eigenvalue weighted by Gasteiger charge is -2.30. The molecule has 2 N–H and O–H groups in total. The third kappa shape index (κ3) is 3.61. The fraction of sp³-hybridized carbons (Fsp3) is 0.909. The molecular weight excluding hydrogens is 228 g/mol. The molecule has 0 aliphatic carbocycles. The van der Waals surface area contributed by atoms with E-state index in [-0.39, 0.29) is 30.5 Å². The maximum Gasteiger partial charge on any atom is 0.225 e. The van der Waals surface area contributed by atoms with Crippen LogP contribution in [-0.4, -0.2) is 42.6 Å². The number of nitrogens with two attached hydrogens (primary N) is 1. The minimum atomic E-state index is 0. The number of halogens is 1. The number of likely N-dealkylation sites (tertiary alicyclic amines) is 1. The van der Waals surface area contributed by atoms with E-state index in [4.69, 9.17) is 10.5 Å². The van der Waals surface area contributed by atoms with E-state index in [2.05, 4.69) is 0 Å². The van der Waals surface area contributed by atoms with E-state index in [9.17, 15) is 4.79 Å². The minimum Gasteiger partial charge on any atom is -0.378 e. The van der Waals surface area contributed by atoms with Crippen LogP contribution in [0.4, 0.5) is 0 Å². The predicted molar refractivity (Wildman–Crippen MR) is 64.6 cm³/mol. The zero-order valence-electron chi connectivity index (χ0n) is 9.56. The van der Waals surface area contributed by atoms with Crippen LogP contribution in [0.1, 0.15) is 32.1 Å². The summed E-state index contributed by atoms with van der Waals surface area (Å²) in [5.41, 5.74) is 5.80. The smallest absolute Gasteiger partial charge is 0.225 e. The van der Waals surface area contributed by atoms with E-state index in [1.54, 1.807) is 0 Å². The number of ether oxygens (including phenoxy) is 1. The van der Waals surface area contributed by atoms with Gasteiger partial charge in [-0.1, -0.05) is 0 Å². The Morgan fingerprint density at radius 3 is 2.56 bits per heavy atom. The van der Waals surface area contributed by atoms with Gasteiger partial charge in [-0.25, -0.2) is 0 Å². The summed E-state index contributed by atoms with van der Waals surface area (Å²) < 4.78 is 5.46. The SMILES string of the molecule is Cl.NC1CCN(C(=O)CC2CCCO2)CC1. The molecule has 0 aromatic carbocycles. The highest BCUT2D eigenvalue weighted by Gasteiger charge is 2.25. The monoisotopic (exact) mass is 248 g/mol. The van der Waals surface area contributed by atoms with Crippen LogP contribution in [0.5, 0.6) is 0 Å². The van der Waals surface area contributed by atoms with Crippen molar-refractivity contribution in [1.29, 1.82) is 0 Å². The Hall–Kier alpha value is -0.320. The lowest BCUT2D eigenvalue weighted by atomic mass is 10.0. The zero-order chi connectivity index (χ0) is 10.7. The number of amides is 1. The predicted octanol–water partition coefficient (Wildman–Crippen LogP) is 0.927. The van der Waals surface area contributed by atoms with Crippen LogP contribution in [0.25, 0.3) is 0 Å². The molecule has 2 aliphatic rings. The van der Waals surface area contributed by atoms with E-state index in [0.29, 0.717) is 6.42 Å². The van der Waals surface area contributed by atoms with E-state index in [0.717, 1.165) is 45.4 Å². The third-order valence-electron chi connectivity index (χ3n) is 3.32. The summed E-state index contributed by atoms with van der Waals surface area (Å²) >= 11 is 0. The van der Waals surface area contributed by atoms with Gasteiger partial charge in [0.05, 0.1) is 12.5 Å². The first-order valence-corrected chi connectivity index (χ1v) is 5.90. The second kappa shape index (κ2) is 6.42. The summed E-state index contributed by atoms with van der Waals surface area (Å²) in [5, 5.41) is 0. The number of nitrogens with zero attached hydrogens (tertiary/aromatic N) is 1. The highest BCUT2D eigenvalue weighted by molar-refractivity contribution is 5.85. The Balaban J connectivity index is 0.00000128. The molecule has 1 unspecified atom stereocenters. The van der Waals surface area contributed by atoms with E-state index in [1.165, 1.54) is 0 Å². The zero-order valence-corrected chi connectivity index (χ0v) is 10.4. The number of rotatable bonds is 2. The van der Waals surface area contributed by atoms with Gasteiger partial charge in [0.1, 0.15) is 0 Å². The van der Waals surface area contributed by atoms with Gasteiger partial charge in [-0.15, -0.1) is 12.4 Å². The summed E-state index contributed by atoms with van der Waals surface area (Å²) in [6, 6.07) is 0.289. The van der Waals surface area contributed by atoms with Crippen LogP contribution < -0.4 is 5.73 Å². The Kier molecular flexibility index (Phi) is 5.52. The number of carbonyl (C=O) groups excluding carboxylic acids is 1. The second-order valence-corrected chi connectivity index (χ2v) is 4.56. The molecular formula is C11H21ClN2O2. The van der Waals surface area contributed by atoms with E-state index >= 15 is 0 Å². The molecule has 1 amide bonds. The fourth-order valence-corrected chi connectivity index (χ4v) is 2.28. The lowest BCUT2D eigenvalue weighted by molar-refractivity contribution is -0.134. The van der Waals surface area contributed by atoms with Crippen LogP contribution >= 0.6 is 12.4 Å². The van der Waals surface area contributed by atoms with Crippen LogP contribution in [-0.2, 0) is 9.53 Å². The largest absolute Gasteiger partial charge is 0.378 e. The molecule has 2 fully saturated rings. The van der Waals surface area contributed by atoms with Gasteiger partial charge < -0.3 is 15.4 Å². The van der Waals surface area contributed by atoms with Crippen molar-refractivity contribution >= 4 is 18.3 Å². The van der Waals surface area contributed by atoms with Crippen LogP contribution in [0.2, 0.25) is 0 Å². The Bertz CT molecular complexity index is 224. The molecule has 2 aliphatic heterocycles. The maximum atomic E-state index is 11.9. The van der Waals surface area contributed by atoms with Crippen molar-refractivity contribution in [2.75, 3.05) is 19.7 Å². The molecule has 2 saturated heterocycles. The maximum absolute atomic E-state index is 11.9. The van der Waals surface area contributed by atoms with Crippen molar-refractivity contribution in [3.8, 4) is 0 Å². The molecule has 1 atom stereocenters. The van der Waals surface area contributed by atoms with Crippen molar-refractivity contribution in [2.45, 2.75) is 44.2 Å². The number of carbonyl (C=O) groups is 1. The Morgan fingerprint density at radius 2 is 2.00 bits per heavy atom. The van der Waals surface area contributed by atoms with Gasteiger partial charge in [-0.05, 0) is 25.7 Å². The molecule has 0 aromatic heterocycles. The van der Waals surface area contributed by atoms with Gasteiger partial charge in [-0.2, -0.15) is 0 Å². The molecule has 5 heteroatoms. The number of hydrogen-bond acceptors (Lipinski definition) is 3. The molecule has 0 saturated carbocycles. The molecule has 0 aromatic rings. The average Bonchev–Trinajstić information content (AvgIpc) is 2.71. The van der Waals surface area contributed by atoms with Crippen LogP contribution in [0.3, 0.4) is 0 Å². The van der Waals surface area contributed by atoms with Gasteiger partial charge in [0, 0.05) is 25.7 Å². The standard InChI is InChI=1S/C11H20N2O2.ClH/c12-9-3-5-13(6-4-9)11(14)8-10-2-1-7-15-10;/h9-10H,1-8,12H2;1H. The first-order valence-electron chi connectivity index (χ1n) is 5.90. The van der Waals surface area contributed by atoms with Crippen molar-refractivity contribution in [3.05, 3.63) is 0 Å². The average molecular weight is 249 g/mol. The molecule has 2 rings (SSSR count). The molecule has 4 nitrogen and oxygen atoms in total. The number of hydrogen-bond donors (Lipinski definition) is 1. The summed E-state index contributed by atoms with van der Waals surface area (Å²) in [6.45, 7) is 2.47. The Labute approximate surface area is 103 Å². The summed E-state index contributed by atoms with van der Waals surface area (Å²) in [5.74, 6) is 0.244. The lowest BCUT2D eigenvalue weighted by Crippen LogP contribution is -2.43. The Morgan fingerprint density at radius 1 is 1.31 bits per heavy atom. The van der Waals surface area contributed by atoms with Gasteiger partial charge in [0.15, 0.2) is 0 Å². The first kappa shape index (κ1) is 13.7. The van der Waals surface area contributed by atoms with Gasteiger partial charge in [-0.3, -0.25) is 4.79 Å². The van der Waals surface area contributed by atoms with Crippen molar-refractivity contribution in [2.24, 2.45) is 5.73 Å². The normalized spacial score (nSPS) is 26.6. The van der Waals surface area contributed by atoms with Gasteiger partial charge >= 0.3 is 0 Å². The summed E-state index contributed by atoms with van der Waals surface area (Å²) in [6.07, 6.45) is 4.76. The van der Waals surface area contributed by atoms with Crippen LogP contribution in [0.15, 0.2) is 0 Å². The van der Waals surface area contributed by atoms with Crippen LogP contribution in [0, 0.1) is 0 Å². The highest BCUT2D eigenvalue weighted by atomic mass is 35.5. The summed E-state index contributed by atoms with van der Waals surface area (Å²) in [7, 11) is 0. The molecule has 2 heterocycles. The second-order valence-electron chi connectivity index (χ2n) is 4.56. The number of piperidine rings is 1. The quantitative estimate of drug-likeness (QED) is 0.791. The summed E-state index contributed by atoms with van der Waals surface area (Å²) in [4.78, 5) is 13.8.